The molecule has 0 atom stereocenters. The van der Waals surface area contributed by atoms with E-state index < -0.39 is 15.7 Å². The third-order valence-corrected chi connectivity index (χ3v) is 5.61. The van der Waals surface area contributed by atoms with Gasteiger partial charge in [-0.15, -0.1) is 0 Å². The zero-order chi connectivity index (χ0) is 21.0. The Morgan fingerprint density at radius 3 is 2.48 bits per heavy atom. The van der Waals surface area contributed by atoms with Crippen molar-refractivity contribution >= 4 is 32.4 Å². The van der Waals surface area contributed by atoms with Gasteiger partial charge in [0.15, 0.2) is 15.6 Å². The van der Waals surface area contributed by atoms with Crippen molar-refractivity contribution in [1.29, 1.82) is 0 Å². The molecule has 154 valence electrons. The summed E-state index contributed by atoms with van der Waals surface area (Å²) in [5.74, 6) is -0.681. The number of nitrogens with one attached hydrogen (secondary N) is 1. The van der Waals surface area contributed by atoms with Gasteiger partial charge in [0.1, 0.15) is 5.58 Å². The van der Waals surface area contributed by atoms with Crippen LogP contribution in [0.3, 0.4) is 0 Å². The lowest BCUT2D eigenvalue weighted by Gasteiger charge is -2.18. The number of rotatable bonds is 8. The van der Waals surface area contributed by atoms with Crippen molar-refractivity contribution in [1.82, 2.24) is 4.90 Å². The van der Waals surface area contributed by atoms with Gasteiger partial charge in [-0.2, -0.15) is 0 Å². The van der Waals surface area contributed by atoms with E-state index in [9.17, 15) is 13.2 Å². The maximum absolute atomic E-state index is 12.9. The molecule has 0 aliphatic carbocycles. The summed E-state index contributed by atoms with van der Waals surface area (Å²) in [5.41, 5.74) is 2.62. The normalized spacial score (nSPS) is 11.9. The van der Waals surface area contributed by atoms with E-state index in [0.29, 0.717) is 22.2 Å². The van der Waals surface area contributed by atoms with Crippen molar-refractivity contribution < 1.29 is 17.6 Å². The van der Waals surface area contributed by atoms with Crippen LogP contribution in [-0.2, 0) is 22.1 Å². The highest BCUT2D eigenvalue weighted by molar-refractivity contribution is 7.89. The number of carbonyl (C=O) groups excluding carboxylic acids is 1. The van der Waals surface area contributed by atoms with E-state index in [0.717, 1.165) is 31.5 Å². The smallest absolute Gasteiger partial charge is 0.291 e. The topological polar surface area (TPSA) is 79.6 Å². The monoisotopic (exact) mass is 414 g/mol. The summed E-state index contributed by atoms with van der Waals surface area (Å²) >= 11 is 0. The maximum atomic E-state index is 12.9. The number of benzene rings is 2. The van der Waals surface area contributed by atoms with Crippen LogP contribution in [0, 0.1) is 0 Å². The van der Waals surface area contributed by atoms with Crippen LogP contribution in [0.1, 0.15) is 35.5 Å². The fraction of sp³-hybridized carbons (Fsp3) is 0.318. The van der Waals surface area contributed by atoms with Crippen LogP contribution in [0.25, 0.3) is 11.0 Å². The fourth-order valence-corrected chi connectivity index (χ4v) is 4.14. The first-order chi connectivity index (χ1) is 13.8. The molecule has 0 fully saturated rings. The molecule has 29 heavy (non-hydrogen) atoms. The molecule has 2 aromatic carbocycles. The second kappa shape index (κ2) is 8.80. The number of amides is 1. The predicted octanol–water partition coefficient (Wildman–Crippen LogP) is 4.07. The number of nitrogens with zero attached hydrogens (tertiary/aromatic N) is 1. The summed E-state index contributed by atoms with van der Waals surface area (Å²) in [5, 5.41) is 3.49. The third-order valence-electron chi connectivity index (χ3n) is 4.80. The van der Waals surface area contributed by atoms with Crippen molar-refractivity contribution in [3.05, 3.63) is 65.4 Å². The van der Waals surface area contributed by atoms with Crippen LogP contribution in [-0.4, -0.2) is 38.6 Å². The molecule has 0 spiro atoms. The molecule has 0 saturated heterocycles. The van der Waals surface area contributed by atoms with Crippen LogP contribution < -0.4 is 5.32 Å². The molecule has 0 aliphatic heterocycles. The first kappa shape index (κ1) is 21.1. The van der Waals surface area contributed by atoms with Crippen molar-refractivity contribution in [2.45, 2.75) is 26.1 Å². The summed E-state index contributed by atoms with van der Waals surface area (Å²) in [6.07, 6.45) is 1.15. The lowest BCUT2D eigenvalue weighted by atomic mass is 10.1. The van der Waals surface area contributed by atoms with Crippen molar-refractivity contribution in [2.24, 2.45) is 0 Å². The predicted molar refractivity (Wildman–Crippen MR) is 116 cm³/mol. The molecule has 0 radical (unpaired) electrons. The summed E-state index contributed by atoms with van der Waals surface area (Å²) in [7, 11) is -3.34. The van der Waals surface area contributed by atoms with Crippen LogP contribution in [0.15, 0.2) is 52.9 Å². The third kappa shape index (κ3) is 5.25. The Labute approximate surface area is 171 Å². The molecule has 0 unspecified atom stereocenters. The van der Waals surface area contributed by atoms with E-state index in [2.05, 4.69) is 24.1 Å². The molecule has 0 saturated carbocycles. The Bertz CT molecular complexity index is 1110. The van der Waals surface area contributed by atoms with E-state index in [1.165, 1.54) is 0 Å². The van der Waals surface area contributed by atoms with E-state index in [4.69, 9.17) is 4.42 Å². The Morgan fingerprint density at radius 2 is 1.79 bits per heavy atom. The largest absolute Gasteiger partial charge is 0.451 e. The molecule has 0 aliphatic rings. The van der Waals surface area contributed by atoms with Gasteiger partial charge in [0.25, 0.3) is 5.91 Å². The summed E-state index contributed by atoms with van der Waals surface area (Å²) in [6, 6.07) is 14.7. The van der Waals surface area contributed by atoms with Crippen molar-refractivity contribution in [2.75, 3.05) is 24.7 Å². The Morgan fingerprint density at radius 1 is 1.07 bits per heavy atom. The molecular formula is C22H26N2O4S. The Hall–Kier alpha value is -2.64. The van der Waals surface area contributed by atoms with Gasteiger partial charge in [-0.05, 0) is 36.9 Å². The minimum atomic E-state index is -3.34. The van der Waals surface area contributed by atoms with Crippen molar-refractivity contribution in [3.8, 4) is 0 Å². The van der Waals surface area contributed by atoms with E-state index in [-0.39, 0.29) is 11.5 Å². The molecule has 3 aromatic rings. The van der Waals surface area contributed by atoms with Gasteiger partial charge in [0, 0.05) is 29.4 Å². The molecule has 1 N–H and O–H groups in total. The van der Waals surface area contributed by atoms with E-state index in [1.807, 2.05) is 24.3 Å². The number of sulfone groups is 1. The van der Waals surface area contributed by atoms with Crippen molar-refractivity contribution in [3.63, 3.8) is 0 Å². The minimum Gasteiger partial charge on any atom is -0.451 e. The van der Waals surface area contributed by atoms with Gasteiger partial charge >= 0.3 is 0 Å². The minimum absolute atomic E-state index is 0.0331. The molecule has 6 nitrogen and oxygen atoms in total. The zero-order valence-corrected chi connectivity index (χ0v) is 17.8. The average Bonchev–Trinajstić information content (AvgIpc) is 3.03. The number of anilines is 1. The average molecular weight is 415 g/mol. The number of hydrogen-bond donors (Lipinski definition) is 1. The van der Waals surface area contributed by atoms with Gasteiger partial charge < -0.3 is 9.73 Å². The number of fused-ring (bicyclic) bond motifs is 1. The van der Waals surface area contributed by atoms with Gasteiger partial charge in [-0.25, -0.2) is 8.42 Å². The van der Waals surface area contributed by atoms with Crippen LogP contribution >= 0.6 is 0 Å². The number of furan rings is 1. The van der Waals surface area contributed by atoms with Crippen LogP contribution in [0.5, 0.6) is 0 Å². The highest BCUT2D eigenvalue weighted by Crippen LogP contribution is 2.28. The summed E-state index contributed by atoms with van der Waals surface area (Å²) < 4.78 is 29.5. The molecule has 1 aromatic heterocycles. The Balaban J connectivity index is 1.90. The van der Waals surface area contributed by atoms with E-state index >= 15 is 0 Å². The van der Waals surface area contributed by atoms with Crippen LogP contribution in [0.2, 0.25) is 0 Å². The number of hydrogen-bond acceptors (Lipinski definition) is 5. The fourth-order valence-electron chi connectivity index (χ4n) is 3.33. The second-order valence-electron chi connectivity index (χ2n) is 7.09. The molecule has 1 heterocycles. The first-order valence-corrected chi connectivity index (χ1v) is 11.7. The molecular weight excluding hydrogens is 388 g/mol. The SMILES string of the molecule is CCN(CC)Cc1cccc(NC(=O)c2oc3ccccc3c2CS(C)(=O)=O)c1. The van der Waals surface area contributed by atoms with Gasteiger partial charge in [-0.1, -0.05) is 44.2 Å². The Kier molecular flexibility index (Phi) is 6.39. The number of carbonyl (C=O) groups is 1. The first-order valence-electron chi connectivity index (χ1n) is 9.61. The lowest BCUT2D eigenvalue weighted by Crippen LogP contribution is -2.22. The second-order valence-corrected chi connectivity index (χ2v) is 9.23. The van der Waals surface area contributed by atoms with Gasteiger partial charge in [0.2, 0.25) is 0 Å². The molecule has 3 rings (SSSR count). The van der Waals surface area contributed by atoms with E-state index in [1.54, 1.807) is 24.3 Å². The highest BCUT2D eigenvalue weighted by Gasteiger charge is 2.23. The maximum Gasteiger partial charge on any atom is 0.291 e. The summed E-state index contributed by atoms with van der Waals surface area (Å²) in [4.78, 5) is 15.2. The van der Waals surface area contributed by atoms with Crippen LogP contribution in [0.4, 0.5) is 5.69 Å². The lowest BCUT2D eigenvalue weighted by molar-refractivity contribution is 0.0998. The molecule has 1 amide bonds. The standard InChI is InChI=1S/C22H26N2O4S/c1-4-24(5-2)14-16-9-8-10-17(13-16)23-22(25)21-19(15-29(3,26)27)18-11-6-7-12-20(18)28-21/h6-13H,4-5,14-15H2,1-3H3,(H,23,25). The van der Waals surface area contributed by atoms with Gasteiger partial charge in [-0.3, -0.25) is 9.69 Å². The highest BCUT2D eigenvalue weighted by atomic mass is 32.2. The van der Waals surface area contributed by atoms with Gasteiger partial charge in [0.05, 0.1) is 5.75 Å². The zero-order valence-electron chi connectivity index (χ0n) is 16.9. The molecule has 7 heteroatoms. The molecule has 0 bridgehead atoms. The number of para-hydroxylation sites is 1. The summed E-state index contributed by atoms with van der Waals surface area (Å²) in [6.45, 7) is 6.91. The quantitative estimate of drug-likeness (QED) is 0.601.